The van der Waals surface area contributed by atoms with E-state index in [1.54, 1.807) is 6.92 Å². The minimum Gasteiger partial charge on any atom is -0.462 e. The van der Waals surface area contributed by atoms with Gasteiger partial charge in [0, 0.05) is 18.3 Å². The van der Waals surface area contributed by atoms with Gasteiger partial charge in [-0.25, -0.2) is 9.59 Å². The Morgan fingerprint density at radius 1 is 1.22 bits per heavy atom. The molecule has 142 valence electrons. The summed E-state index contributed by atoms with van der Waals surface area (Å²) in [6, 6.07) is 9.37. The van der Waals surface area contributed by atoms with Crippen LogP contribution in [0.2, 0.25) is 5.02 Å². The molecule has 0 saturated heterocycles. The lowest BCUT2D eigenvalue weighted by Crippen LogP contribution is -2.27. The number of aryl methyl sites for hydroxylation is 1. The molecule has 0 spiro atoms. The van der Waals surface area contributed by atoms with Crippen molar-refractivity contribution in [2.45, 2.75) is 38.9 Å². The number of pyridine rings is 1. The molecular formula is C20H20ClNO5. The molecule has 0 radical (unpaired) electrons. The molecule has 0 aliphatic heterocycles. The second-order valence-electron chi connectivity index (χ2n) is 6.14. The molecule has 6 nitrogen and oxygen atoms in total. The zero-order valence-electron chi connectivity index (χ0n) is 14.9. The van der Waals surface area contributed by atoms with Gasteiger partial charge >= 0.3 is 12.1 Å². The van der Waals surface area contributed by atoms with Gasteiger partial charge in [0.1, 0.15) is 12.7 Å². The number of hydrogen-bond donors (Lipinski definition) is 0. The molecule has 1 aromatic carbocycles. The van der Waals surface area contributed by atoms with E-state index in [-0.39, 0.29) is 24.9 Å². The van der Waals surface area contributed by atoms with Gasteiger partial charge in [0.15, 0.2) is 0 Å². The minimum atomic E-state index is -0.724. The van der Waals surface area contributed by atoms with Crippen molar-refractivity contribution in [3.05, 3.63) is 63.9 Å². The Balaban J connectivity index is 1.62. The van der Waals surface area contributed by atoms with E-state index in [9.17, 15) is 9.59 Å². The van der Waals surface area contributed by atoms with Gasteiger partial charge in [-0.3, -0.25) is 4.98 Å². The first-order chi connectivity index (χ1) is 13.1. The molecule has 0 fully saturated rings. The maximum atomic E-state index is 12.0. The molecular weight excluding hydrogens is 370 g/mol. The highest BCUT2D eigenvalue weighted by Crippen LogP contribution is 2.31. The first-order valence-corrected chi connectivity index (χ1v) is 9.17. The molecule has 0 bridgehead atoms. The van der Waals surface area contributed by atoms with Crippen LogP contribution in [0.25, 0.3) is 0 Å². The fourth-order valence-corrected chi connectivity index (χ4v) is 3.27. The number of carbonyl (C=O) groups is 2. The summed E-state index contributed by atoms with van der Waals surface area (Å²) in [5, 5.41) is 0.310. The Bertz CT molecular complexity index is 825. The van der Waals surface area contributed by atoms with Crippen molar-refractivity contribution in [2.75, 3.05) is 6.61 Å². The SMILES string of the molecule is CCOC(=O)c1cnc2c(c1Cl)CC(OC(=O)OCc1ccccc1)CC2. The number of aromatic nitrogens is 1. The summed E-state index contributed by atoms with van der Waals surface area (Å²) >= 11 is 6.39. The van der Waals surface area contributed by atoms with Gasteiger partial charge in [-0.15, -0.1) is 0 Å². The number of carbonyl (C=O) groups excluding carboxylic acids is 2. The maximum absolute atomic E-state index is 12.0. The van der Waals surface area contributed by atoms with Crippen LogP contribution in [0.15, 0.2) is 36.5 Å². The van der Waals surface area contributed by atoms with Crippen LogP contribution in [0.3, 0.4) is 0 Å². The van der Waals surface area contributed by atoms with Gasteiger partial charge in [-0.2, -0.15) is 0 Å². The highest BCUT2D eigenvalue weighted by Gasteiger charge is 2.28. The highest BCUT2D eigenvalue weighted by atomic mass is 35.5. The lowest BCUT2D eigenvalue weighted by atomic mass is 9.92. The summed E-state index contributed by atoms with van der Waals surface area (Å²) in [5.41, 5.74) is 2.64. The molecule has 1 atom stereocenters. The van der Waals surface area contributed by atoms with Gasteiger partial charge in [-0.1, -0.05) is 41.9 Å². The predicted molar refractivity (Wildman–Crippen MR) is 98.7 cm³/mol. The zero-order valence-corrected chi connectivity index (χ0v) is 15.7. The van der Waals surface area contributed by atoms with Crippen LogP contribution >= 0.6 is 11.6 Å². The Kier molecular flexibility index (Phi) is 6.29. The number of nitrogens with zero attached hydrogens (tertiary/aromatic N) is 1. The van der Waals surface area contributed by atoms with Gasteiger partial charge in [0.25, 0.3) is 0 Å². The summed E-state index contributed by atoms with van der Waals surface area (Å²) in [7, 11) is 0. The zero-order chi connectivity index (χ0) is 19.2. The average Bonchev–Trinajstić information content (AvgIpc) is 2.68. The van der Waals surface area contributed by atoms with Crippen molar-refractivity contribution < 1.29 is 23.8 Å². The normalized spacial score (nSPS) is 15.6. The molecule has 3 rings (SSSR count). The molecule has 1 aromatic heterocycles. The summed E-state index contributed by atoms with van der Waals surface area (Å²) in [4.78, 5) is 28.3. The number of benzene rings is 1. The Morgan fingerprint density at radius 3 is 2.74 bits per heavy atom. The van der Waals surface area contributed by atoms with E-state index in [2.05, 4.69) is 4.98 Å². The van der Waals surface area contributed by atoms with Crippen molar-refractivity contribution >= 4 is 23.7 Å². The van der Waals surface area contributed by atoms with Gasteiger partial charge in [0.2, 0.25) is 0 Å². The Labute approximate surface area is 162 Å². The summed E-state index contributed by atoms with van der Waals surface area (Å²) in [6.07, 6.45) is 1.95. The lowest BCUT2D eigenvalue weighted by molar-refractivity contribution is 0.0146. The number of ether oxygens (including phenoxy) is 3. The summed E-state index contributed by atoms with van der Waals surface area (Å²) in [6.45, 7) is 2.13. The molecule has 0 N–H and O–H groups in total. The van der Waals surface area contributed by atoms with E-state index >= 15 is 0 Å². The van der Waals surface area contributed by atoms with Crippen molar-refractivity contribution in [1.29, 1.82) is 0 Å². The largest absolute Gasteiger partial charge is 0.508 e. The predicted octanol–water partition coefficient (Wildman–Crippen LogP) is 4.12. The van der Waals surface area contributed by atoms with E-state index in [1.807, 2.05) is 30.3 Å². The Hall–Kier alpha value is -2.60. The number of fused-ring (bicyclic) bond motifs is 1. The van der Waals surface area contributed by atoms with Crippen molar-refractivity contribution in [3.8, 4) is 0 Å². The quantitative estimate of drug-likeness (QED) is 0.716. The first kappa shape index (κ1) is 19.2. The summed E-state index contributed by atoms with van der Waals surface area (Å²) in [5.74, 6) is -0.511. The third-order valence-electron chi connectivity index (χ3n) is 4.29. The lowest BCUT2D eigenvalue weighted by Gasteiger charge is -2.25. The van der Waals surface area contributed by atoms with Gasteiger partial charge in [-0.05, 0) is 30.9 Å². The number of rotatable bonds is 5. The van der Waals surface area contributed by atoms with Crippen molar-refractivity contribution in [2.24, 2.45) is 0 Å². The molecule has 7 heteroatoms. The topological polar surface area (TPSA) is 74.7 Å². The second kappa shape index (κ2) is 8.86. The summed E-state index contributed by atoms with van der Waals surface area (Å²) < 4.78 is 15.6. The smallest absolute Gasteiger partial charge is 0.462 e. The van der Waals surface area contributed by atoms with Crippen LogP contribution in [0.4, 0.5) is 4.79 Å². The molecule has 1 aliphatic rings. The van der Waals surface area contributed by atoms with Crippen molar-refractivity contribution in [1.82, 2.24) is 4.98 Å². The van der Waals surface area contributed by atoms with Crippen molar-refractivity contribution in [3.63, 3.8) is 0 Å². The number of esters is 1. The fraction of sp³-hybridized carbons (Fsp3) is 0.350. The molecule has 1 unspecified atom stereocenters. The monoisotopic (exact) mass is 389 g/mol. The van der Waals surface area contributed by atoms with Crippen LogP contribution in [-0.4, -0.2) is 29.8 Å². The van der Waals surface area contributed by atoms with E-state index < -0.39 is 12.1 Å². The van der Waals surface area contributed by atoms with Crippen LogP contribution in [0.1, 0.15) is 40.5 Å². The molecule has 1 heterocycles. The van der Waals surface area contributed by atoms with E-state index in [4.69, 9.17) is 25.8 Å². The van der Waals surface area contributed by atoms with Gasteiger partial charge in [0.05, 0.1) is 17.2 Å². The molecule has 1 aliphatic carbocycles. The van der Waals surface area contributed by atoms with E-state index in [1.165, 1.54) is 6.20 Å². The maximum Gasteiger partial charge on any atom is 0.508 e. The molecule has 0 amide bonds. The molecule has 2 aromatic rings. The second-order valence-corrected chi connectivity index (χ2v) is 6.52. The standard InChI is InChI=1S/C20H20ClNO5/c1-2-25-19(23)16-11-22-17-9-8-14(10-15(17)18(16)21)27-20(24)26-12-13-6-4-3-5-7-13/h3-7,11,14H,2,8-10,12H2,1H3. The van der Waals surface area contributed by atoms with Crippen LogP contribution in [0.5, 0.6) is 0 Å². The molecule has 0 saturated carbocycles. The third kappa shape index (κ3) is 4.77. The van der Waals surface area contributed by atoms with Gasteiger partial charge < -0.3 is 14.2 Å². The molecule has 27 heavy (non-hydrogen) atoms. The highest BCUT2D eigenvalue weighted by molar-refractivity contribution is 6.34. The first-order valence-electron chi connectivity index (χ1n) is 8.79. The fourth-order valence-electron chi connectivity index (χ4n) is 2.95. The number of halogens is 1. The van der Waals surface area contributed by atoms with Crippen LogP contribution in [-0.2, 0) is 33.7 Å². The number of hydrogen-bond acceptors (Lipinski definition) is 6. The average molecular weight is 390 g/mol. The van der Waals surface area contributed by atoms with E-state index in [0.29, 0.717) is 29.8 Å². The third-order valence-corrected chi connectivity index (χ3v) is 4.72. The minimum absolute atomic E-state index is 0.151. The van der Waals surface area contributed by atoms with Crippen LogP contribution < -0.4 is 0 Å². The van der Waals surface area contributed by atoms with Crippen LogP contribution in [0, 0.1) is 0 Å². The Morgan fingerprint density at radius 2 is 2.00 bits per heavy atom. The van der Waals surface area contributed by atoms with E-state index in [0.717, 1.165) is 11.3 Å².